The minimum absolute atomic E-state index is 0.0682. The molecule has 0 fully saturated rings. The van der Waals surface area contributed by atoms with Crippen LogP contribution < -0.4 is 10.1 Å². The Morgan fingerprint density at radius 2 is 2.00 bits per heavy atom. The number of ether oxygens (including phenoxy) is 1. The molecule has 0 bridgehead atoms. The van der Waals surface area contributed by atoms with E-state index in [0.717, 1.165) is 16.7 Å². The number of hydrogen-bond acceptors (Lipinski definition) is 3. The Morgan fingerprint density at radius 3 is 2.47 bits per heavy atom. The van der Waals surface area contributed by atoms with Gasteiger partial charge in [-0.05, 0) is 45.0 Å². The Kier molecular flexibility index (Phi) is 4.80. The van der Waals surface area contributed by atoms with Crippen molar-refractivity contribution in [2.45, 2.75) is 32.9 Å². The van der Waals surface area contributed by atoms with E-state index in [9.17, 15) is 5.11 Å². The van der Waals surface area contributed by atoms with Gasteiger partial charge in [0.25, 0.3) is 0 Å². The average Bonchev–Trinajstić information content (AvgIpc) is 2.33. The van der Waals surface area contributed by atoms with Gasteiger partial charge in [-0.25, -0.2) is 0 Å². The van der Waals surface area contributed by atoms with E-state index in [4.69, 9.17) is 16.3 Å². The molecule has 0 aromatic heterocycles. The molecule has 0 heterocycles. The first kappa shape index (κ1) is 14.3. The van der Waals surface area contributed by atoms with Crippen LogP contribution in [0.15, 0.2) is 6.07 Å². The number of aliphatic hydroxyl groups excluding tert-OH is 1. The third-order valence-corrected chi connectivity index (χ3v) is 3.72. The van der Waals surface area contributed by atoms with Gasteiger partial charge in [-0.2, -0.15) is 0 Å². The highest BCUT2D eigenvalue weighted by Gasteiger charge is 2.23. The van der Waals surface area contributed by atoms with Gasteiger partial charge in [-0.15, -0.1) is 0 Å². The van der Waals surface area contributed by atoms with Gasteiger partial charge in [0.05, 0.1) is 13.2 Å². The van der Waals surface area contributed by atoms with Crippen LogP contribution in [0.4, 0.5) is 0 Å². The van der Waals surface area contributed by atoms with E-state index in [2.05, 4.69) is 5.32 Å². The molecule has 2 N–H and O–H groups in total. The summed E-state index contributed by atoms with van der Waals surface area (Å²) in [5.74, 6) is 0.680. The van der Waals surface area contributed by atoms with Crippen molar-refractivity contribution in [1.82, 2.24) is 5.32 Å². The van der Waals surface area contributed by atoms with Gasteiger partial charge in [0.2, 0.25) is 0 Å². The second kappa shape index (κ2) is 5.71. The van der Waals surface area contributed by atoms with Crippen LogP contribution in [0, 0.1) is 13.8 Å². The molecule has 2 atom stereocenters. The molecular formula is C13H20ClNO2. The quantitative estimate of drug-likeness (QED) is 0.871. The fourth-order valence-electron chi connectivity index (χ4n) is 1.88. The van der Waals surface area contributed by atoms with E-state index in [0.29, 0.717) is 10.8 Å². The van der Waals surface area contributed by atoms with Crippen LogP contribution in [0.25, 0.3) is 0 Å². The lowest BCUT2D eigenvalue weighted by Crippen LogP contribution is -2.29. The second-order valence-corrected chi connectivity index (χ2v) is 4.65. The highest BCUT2D eigenvalue weighted by Crippen LogP contribution is 2.36. The topological polar surface area (TPSA) is 41.5 Å². The first-order chi connectivity index (χ1) is 7.93. The van der Waals surface area contributed by atoms with Crippen LogP contribution in [0.2, 0.25) is 5.02 Å². The predicted octanol–water partition coefficient (Wildman–Crippen LogP) is 2.61. The summed E-state index contributed by atoms with van der Waals surface area (Å²) in [6.45, 7) is 5.74. The molecule has 3 nitrogen and oxygen atoms in total. The smallest absolute Gasteiger partial charge is 0.125 e. The Labute approximate surface area is 108 Å². The maximum atomic E-state index is 10.3. The van der Waals surface area contributed by atoms with Crippen LogP contribution in [0.3, 0.4) is 0 Å². The number of likely N-dealkylation sites (N-methyl/N-ethyl adjacent to an activating group) is 1. The zero-order valence-corrected chi connectivity index (χ0v) is 11.7. The average molecular weight is 258 g/mol. The van der Waals surface area contributed by atoms with E-state index < -0.39 is 6.10 Å². The summed E-state index contributed by atoms with van der Waals surface area (Å²) < 4.78 is 5.33. The summed E-state index contributed by atoms with van der Waals surface area (Å²) in [7, 11) is 3.41. The van der Waals surface area contributed by atoms with Gasteiger partial charge in [0.1, 0.15) is 5.75 Å². The Balaban J connectivity index is 3.35. The van der Waals surface area contributed by atoms with Crippen LogP contribution in [0.1, 0.15) is 29.7 Å². The molecule has 96 valence electrons. The predicted molar refractivity (Wildman–Crippen MR) is 71.0 cm³/mol. The molecule has 2 unspecified atom stereocenters. The van der Waals surface area contributed by atoms with Crippen molar-refractivity contribution < 1.29 is 9.84 Å². The number of methoxy groups -OCH3 is 1. The third kappa shape index (κ3) is 2.73. The summed E-state index contributed by atoms with van der Waals surface area (Å²) in [5.41, 5.74) is 2.58. The summed E-state index contributed by atoms with van der Waals surface area (Å²) in [6.07, 6.45) is -0.645. The number of halogens is 1. The number of hydrogen-bond donors (Lipinski definition) is 2. The maximum absolute atomic E-state index is 10.3. The van der Waals surface area contributed by atoms with Gasteiger partial charge in [-0.3, -0.25) is 0 Å². The lowest BCUT2D eigenvalue weighted by Gasteiger charge is -2.24. The zero-order chi connectivity index (χ0) is 13.2. The lowest BCUT2D eigenvalue weighted by atomic mass is 9.95. The monoisotopic (exact) mass is 257 g/mol. The number of aryl methyl sites for hydroxylation is 1. The van der Waals surface area contributed by atoms with Crippen LogP contribution in [-0.2, 0) is 0 Å². The van der Waals surface area contributed by atoms with Crippen LogP contribution >= 0.6 is 11.6 Å². The zero-order valence-electron chi connectivity index (χ0n) is 11.0. The molecule has 0 aliphatic rings. The molecule has 1 aromatic carbocycles. The molecule has 1 rings (SSSR count). The first-order valence-corrected chi connectivity index (χ1v) is 6.00. The number of rotatable bonds is 4. The summed E-state index contributed by atoms with van der Waals surface area (Å²) in [5, 5.41) is 14.0. The van der Waals surface area contributed by atoms with E-state index in [1.54, 1.807) is 7.11 Å². The van der Waals surface area contributed by atoms with Crippen LogP contribution in [-0.4, -0.2) is 25.3 Å². The van der Waals surface area contributed by atoms with Crippen molar-refractivity contribution in [3.8, 4) is 5.75 Å². The summed E-state index contributed by atoms with van der Waals surface area (Å²) >= 11 is 6.22. The number of aliphatic hydroxyl groups is 1. The fraction of sp³-hybridized carbons (Fsp3) is 0.538. The van der Waals surface area contributed by atoms with Gasteiger partial charge < -0.3 is 15.2 Å². The standard InChI is InChI=1S/C13H20ClNO2/c1-7-6-10(17-5)11(8(2)12(7)14)13(16)9(3)15-4/h6,9,13,15-16H,1-5H3. The Bertz CT molecular complexity index is 407. The number of benzene rings is 1. The largest absolute Gasteiger partial charge is 0.496 e. The van der Waals surface area contributed by atoms with Crippen molar-refractivity contribution in [1.29, 1.82) is 0 Å². The summed E-state index contributed by atoms with van der Waals surface area (Å²) in [4.78, 5) is 0. The lowest BCUT2D eigenvalue weighted by molar-refractivity contribution is 0.136. The molecule has 0 aliphatic carbocycles. The molecule has 0 saturated carbocycles. The van der Waals surface area contributed by atoms with Crippen molar-refractivity contribution >= 4 is 11.6 Å². The fourth-order valence-corrected chi connectivity index (χ4v) is 2.04. The van der Waals surface area contributed by atoms with Crippen molar-refractivity contribution in [2.75, 3.05) is 14.2 Å². The van der Waals surface area contributed by atoms with E-state index in [-0.39, 0.29) is 6.04 Å². The van der Waals surface area contributed by atoms with Gasteiger partial charge in [-0.1, -0.05) is 11.6 Å². The normalized spacial score (nSPS) is 14.5. The molecule has 0 spiro atoms. The maximum Gasteiger partial charge on any atom is 0.125 e. The van der Waals surface area contributed by atoms with Crippen molar-refractivity contribution in [3.05, 3.63) is 27.8 Å². The van der Waals surface area contributed by atoms with Gasteiger partial charge in [0.15, 0.2) is 0 Å². The Hall–Kier alpha value is -0.770. The SMILES string of the molecule is CNC(C)C(O)c1c(OC)cc(C)c(Cl)c1C. The minimum Gasteiger partial charge on any atom is -0.496 e. The van der Waals surface area contributed by atoms with Crippen molar-refractivity contribution in [3.63, 3.8) is 0 Å². The summed E-state index contributed by atoms with van der Waals surface area (Å²) in [6, 6.07) is 1.79. The highest BCUT2D eigenvalue weighted by molar-refractivity contribution is 6.32. The second-order valence-electron chi connectivity index (χ2n) is 4.27. The highest BCUT2D eigenvalue weighted by atomic mass is 35.5. The number of nitrogens with one attached hydrogen (secondary N) is 1. The molecule has 0 aliphatic heterocycles. The van der Waals surface area contributed by atoms with Crippen LogP contribution in [0.5, 0.6) is 5.75 Å². The molecule has 4 heteroatoms. The molecule has 0 radical (unpaired) electrons. The van der Waals surface area contributed by atoms with E-state index in [1.807, 2.05) is 33.9 Å². The first-order valence-electron chi connectivity index (χ1n) is 5.62. The molecule has 0 amide bonds. The molecular weight excluding hydrogens is 238 g/mol. The molecule has 17 heavy (non-hydrogen) atoms. The Morgan fingerprint density at radius 1 is 1.41 bits per heavy atom. The molecule has 0 saturated heterocycles. The van der Waals surface area contributed by atoms with E-state index in [1.165, 1.54) is 0 Å². The minimum atomic E-state index is -0.645. The van der Waals surface area contributed by atoms with Gasteiger partial charge in [0, 0.05) is 16.6 Å². The third-order valence-electron chi connectivity index (χ3n) is 3.14. The van der Waals surface area contributed by atoms with E-state index >= 15 is 0 Å². The molecule has 1 aromatic rings. The van der Waals surface area contributed by atoms with Crippen molar-refractivity contribution in [2.24, 2.45) is 0 Å². The van der Waals surface area contributed by atoms with Gasteiger partial charge >= 0.3 is 0 Å².